The number of nitrogens with two attached hydrogens (primary N) is 1. The first-order valence-corrected chi connectivity index (χ1v) is 8.30. The molecule has 0 fully saturated rings. The summed E-state index contributed by atoms with van der Waals surface area (Å²) in [6.07, 6.45) is 1.40. The molecule has 0 saturated heterocycles. The van der Waals surface area contributed by atoms with Crippen LogP contribution in [-0.2, 0) is 0 Å². The maximum absolute atomic E-state index is 13.9. The predicted octanol–water partition coefficient (Wildman–Crippen LogP) is 4.86. The molecule has 1 aromatic heterocycles. The Kier molecular flexibility index (Phi) is 4.78. The van der Waals surface area contributed by atoms with E-state index in [2.05, 4.69) is 31.2 Å². The van der Waals surface area contributed by atoms with Crippen LogP contribution in [0.1, 0.15) is 0 Å². The van der Waals surface area contributed by atoms with Gasteiger partial charge in [-0.15, -0.1) is 0 Å². The van der Waals surface area contributed by atoms with E-state index in [4.69, 9.17) is 5.73 Å². The molecule has 7 heteroatoms. The number of nitrogens with one attached hydrogen (secondary N) is 1. The summed E-state index contributed by atoms with van der Waals surface area (Å²) < 4.78 is 14.6. The topological polar surface area (TPSA) is 63.8 Å². The Bertz CT molecular complexity index is 830. The van der Waals surface area contributed by atoms with Gasteiger partial charge in [-0.3, -0.25) is 0 Å². The van der Waals surface area contributed by atoms with Gasteiger partial charge in [0.1, 0.15) is 22.9 Å². The second-order valence-electron chi connectivity index (χ2n) is 4.61. The fourth-order valence-electron chi connectivity index (χ4n) is 1.88. The number of nitrogens with zero attached hydrogens (tertiary/aromatic N) is 2. The molecule has 0 spiro atoms. The van der Waals surface area contributed by atoms with E-state index in [0.717, 1.165) is 4.90 Å². The van der Waals surface area contributed by atoms with Gasteiger partial charge in [-0.05, 0) is 30.3 Å². The zero-order chi connectivity index (χ0) is 16.2. The van der Waals surface area contributed by atoms with Crippen LogP contribution in [-0.4, -0.2) is 9.97 Å². The minimum absolute atomic E-state index is 0.300. The summed E-state index contributed by atoms with van der Waals surface area (Å²) in [6.45, 7) is 0. The third-order valence-corrected chi connectivity index (χ3v) is 4.51. The molecule has 3 aromatic rings. The van der Waals surface area contributed by atoms with Gasteiger partial charge in [-0.1, -0.05) is 45.9 Å². The van der Waals surface area contributed by atoms with Crippen molar-refractivity contribution >= 4 is 44.9 Å². The molecule has 4 nitrogen and oxygen atoms in total. The molecule has 2 aromatic carbocycles. The SMILES string of the molecule is Nc1c(Nc2ccc(Br)cc2F)ncnc1Sc1ccccc1. The molecule has 3 rings (SSSR count). The molecule has 0 unspecified atom stereocenters. The van der Waals surface area contributed by atoms with Crippen molar-refractivity contribution in [3.05, 3.63) is 65.1 Å². The molecule has 0 aliphatic rings. The largest absolute Gasteiger partial charge is 0.394 e. The Labute approximate surface area is 145 Å². The van der Waals surface area contributed by atoms with Crippen molar-refractivity contribution in [1.29, 1.82) is 0 Å². The van der Waals surface area contributed by atoms with Crippen molar-refractivity contribution in [2.24, 2.45) is 0 Å². The lowest BCUT2D eigenvalue weighted by Crippen LogP contribution is -2.03. The number of hydrogen-bond donors (Lipinski definition) is 2. The zero-order valence-electron chi connectivity index (χ0n) is 11.8. The molecular formula is C16H12BrFN4S. The van der Waals surface area contributed by atoms with Crippen LogP contribution in [0.15, 0.2) is 69.3 Å². The number of aromatic nitrogens is 2. The van der Waals surface area contributed by atoms with Crippen LogP contribution < -0.4 is 11.1 Å². The molecule has 1 heterocycles. The van der Waals surface area contributed by atoms with Crippen LogP contribution in [0, 0.1) is 5.82 Å². The van der Waals surface area contributed by atoms with Crippen LogP contribution in [0.25, 0.3) is 0 Å². The number of halogens is 2. The van der Waals surface area contributed by atoms with Crippen molar-refractivity contribution in [1.82, 2.24) is 9.97 Å². The Balaban J connectivity index is 1.87. The first-order chi connectivity index (χ1) is 11.1. The van der Waals surface area contributed by atoms with Gasteiger partial charge in [0.25, 0.3) is 0 Å². The van der Waals surface area contributed by atoms with E-state index in [9.17, 15) is 4.39 Å². The number of rotatable bonds is 4. The Morgan fingerprint density at radius 1 is 1.09 bits per heavy atom. The molecule has 116 valence electrons. The van der Waals surface area contributed by atoms with Gasteiger partial charge in [0.05, 0.1) is 5.69 Å². The van der Waals surface area contributed by atoms with Gasteiger partial charge >= 0.3 is 0 Å². The third-order valence-electron chi connectivity index (χ3n) is 2.99. The summed E-state index contributed by atoms with van der Waals surface area (Å²) in [6, 6.07) is 14.5. The minimum atomic E-state index is -0.394. The number of nitrogen functional groups attached to an aromatic ring is 1. The first kappa shape index (κ1) is 15.8. The normalized spacial score (nSPS) is 10.5. The third kappa shape index (κ3) is 3.80. The molecule has 0 radical (unpaired) electrons. The quantitative estimate of drug-likeness (QED) is 0.623. The highest BCUT2D eigenvalue weighted by Gasteiger charge is 2.11. The molecule has 0 saturated carbocycles. The number of benzene rings is 2. The summed E-state index contributed by atoms with van der Waals surface area (Å²) in [4.78, 5) is 9.31. The molecule has 3 N–H and O–H groups in total. The fraction of sp³-hybridized carbons (Fsp3) is 0. The number of anilines is 3. The van der Waals surface area contributed by atoms with Crippen LogP contribution in [0.3, 0.4) is 0 Å². The second-order valence-corrected chi connectivity index (χ2v) is 6.58. The van der Waals surface area contributed by atoms with E-state index in [0.29, 0.717) is 26.7 Å². The van der Waals surface area contributed by atoms with Crippen molar-refractivity contribution in [2.75, 3.05) is 11.1 Å². The highest BCUT2D eigenvalue weighted by Crippen LogP contribution is 2.34. The smallest absolute Gasteiger partial charge is 0.158 e. The molecule has 0 aliphatic carbocycles. The Hall–Kier alpha value is -2.12. The lowest BCUT2D eigenvalue weighted by Gasteiger charge is -2.11. The average Bonchev–Trinajstić information content (AvgIpc) is 2.54. The van der Waals surface area contributed by atoms with Crippen molar-refractivity contribution in [2.45, 2.75) is 9.92 Å². The van der Waals surface area contributed by atoms with Gasteiger partial charge in [0.2, 0.25) is 0 Å². The van der Waals surface area contributed by atoms with Gasteiger partial charge in [0, 0.05) is 9.37 Å². The maximum atomic E-state index is 13.9. The summed E-state index contributed by atoms with van der Waals surface area (Å²) in [5, 5.41) is 3.53. The van der Waals surface area contributed by atoms with Crippen LogP contribution in [0.2, 0.25) is 0 Å². The van der Waals surface area contributed by atoms with E-state index in [-0.39, 0.29) is 0 Å². The highest BCUT2D eigenvalue weighted by atomic mass is 79.9. The predicted molar refractivity (Wildman–Crippen MR) is 94.4 cm³/mol. The van der Waals surface area contributed by atoms with E-state index < -0.39 is 5.82 Å². The lowest BCUT2D eigenvalue weighted by atomic mass is 10.3. The second kappa shape index (κ2) is 6.97. The van der Waals surface area contributed by atoms with Gasteiger partial charge in [-0.2, -0.15) is 0 Å². The summed E-state index contributed by atoms with van der Waals surface area (Å²) >= 11 is 4.65. The molecular weight excluding hydrogens is 379 g/mol. The number of hydrogen-bond acceptors (Lipinski definition) is 5. The fourth-order valence-corrected chi connectivity index (χ4v) is 3.04. The molecule has 0 atom stereocenters. The van der Waals surface area contributed by atoms with Crippen LogP contribution in [0.5, 0.6) is 0 Å². The standard InChI is InChI=1S/C16H12BrFN4S/c17-10-6-7-13(12(18)8-10)22-15-14(19)16(21-9-20-15)23-11-4-2-1-3-5-11/h1-9H,19H2,(H,20,21,22). The first-order valence-electron chi connectivity index (χ1n) is 6.69. The minimum Gasteiger partial charge on any atom is -0.394 e. The Morgan fingerprint density at radius 3 is 2.61 bits per heavy atom. The van der Waals surface area contributed by atoms with E-state index in [1.54, 1.807) is 12.1 Å². The van der Waals surface area contributed by atoms with E-state index in [1.807, 2.05) is 30.3 Å². The van der Waals surface area contributed by atoms with E-state index in [1.165, 1.54) is 24.2 Å². The van der Waals surface area contributed by atoms with E-state index >= 15 is 0 Å². The van der Waals surface area contributed by atoms with Crippen LogP contribution in [0.4, 0.5) is 21.6 Å². The summed E-state index contributed by atoms with van der Waals surface area (Å²) in [5.74, 6) is -0.0192. The lowest BCUT2D eigenvalue weighted by molar-refractivity contribution is 0.631. The molecule has 0 bridgehead atoms. The maximum Gasteiger partial charge on any atom is 0.158 e. The van der Waals surface area contributed by atoms with Crippen molar-refractivity contribution in [3.8, 4) is 0 Å². The summed E-state index contributed by atoms with van der Waals surface area (Å²) in [7, 11) is 0. The molecule has 23 heavy (non-hydrogen) atoms. The van der Waals surface area contributed by atoms with Crippen molar-refractivity contribution < 1.29 is 4.39 Å². The van der Waals surface area contributed by atoms with Gasteiger partial charge in [0.15, 0.2) is 5.82 Å². The van der Waals surface area contributed by atoms with Crippen molar-refractivity contribution in [3.63, 3.8) is 0 Å². The Morgan fingerprint density at radius 2 is 1.87 bits per heavy atom. The monoisotopic (exact) mass is 390 g/mol. The average molecular weight is 391 g/mol. The highest BCUT2D eigenvalue weighted by molar-refractivity contribution is 9.10. The summed E-state index contributed by atoms with van der Waals surface area (Å²) in [5.41, 5.74) is 6.80. The molecule has 0 aliphatic heterocycles. The van der Waals surface area contributed by atoms with Gasteiger partial charge in [-0.25, -0.2) is 14.4 Å². The van der Waals surface area contributed by atoms with Crippen LogP contribution >= 0.6 is 27.7 Å². The zero-order valence-corrected chi connectivity index (χ0v) is 14.2. The van der Waals surface area contributed by atoms with Gasteiger partial charge < -0.3 is 11.1 Å². The molecule has 0 amide bonds.